The molecule has 0 heterocycles. The summed E-state index contributed by atoms with van der Waals surface area (Å²) in [5.41, 5.74) is 0. The Morgan fingerprint density at radius 2 is 1.04 bits per heavy atom. The van der Waals surface area contributed by atoms with Gasteiger partial charge < -0.3 is 14.9 Å². The predicted octanol–water partition coefficient (Wildman–Crippen LogP) is 6.25. The van der Waals surface area contributed by atoms with Crippen LogP contribution in [-0.2, 0) is 4.74 Å². The van der Waals surface area contributed by atoms with Crippen molar-refractivity contribution in [2.24, 2.45) is 5.92 Å². The Balaban J connectivity index is 3.81. The van der Waals surface area contributed by atoms with E-state index in [1.807, 2.05) is 0 Å². The molecule has 158 valence electrons. The summed E-state index contributed by atoms with van der Waals surface area (Å²) in [4.78, 5) is 0. The average Bonchev–Trinajstić information content (AvgIpc) is 2.65. The highest BCUT2D eigenvalue weighted by Crippen LogP contribution is 2.20. The smallest absolute Gasteiger partial charge is 0.100 e. The van der Waals surface area contributed by atoms with E-state index < -0.39 is 6.10 Å². The van der Waals surface area contributed by atoms with Crippen LogP contribution in [0.4, 0.5) is 0 Å². The molecule has 3 heteroatoms. The predicted molar refractivity (Wildman–Crippen MR) is 113 cm³/mol. The molecule has 0 rings (SSSR count). The highest BCUT2D eigenvalue weighted by atomic mass is 16.5. The molecular formula is C23H48O3. The molecule has 2 N–H and O–H groups in total. The van der Waals surface area contributed by atoms with Gasteiger partial charge in [0.15, 0.2) is 0 Å². The molecule has 26 heavy (non-hydrogen) atoms. The van der Waals surface area contributed by atoms with Crippen LogP contribution in [0, 0.1) is 5.92 Å². The zero-order valence-electron chi connectivity index (χ0n) is 17.9. The Morgan fingerprint density at radius 1 is 0.615 bits per heavy atom. The topological polar surface area (TPSA) is 49.7 Å². The van der Waals surface area contributed by atoms with Gasteiger partial charge in [-0.1, -0.05) is 104 Å². The third-order valence-electron chi connectivity index (χ3n) is 5.31. The Morgan fingerprint density at radius 3 is 1.46 bits per heavy atom. The Labute approximate surface area is 163 Å². The summed E-state index contributed by atoms with van der Waals surface area (Å²) < 4.78 is 5.66. The number of unbranched alkanes of at least 4 members (excludes halogenated alkanes) is 12. The van der Waals surface area contributed by atoms with Crippen LogP contribution in [0.2, 0.25) is 0 Å². The number of aliphatic hydroxyl groups is 2. The molecule has 2 unspecified atom stereocenters. The van der Waals surface area contributed by atoms with Crippen LogP contribution in [0.15, 0.2) is 0 Å². The van der Waals surface area contributed by atoms with Crippen molar-refractivity contribution in [3.05, 3.63) is 0 Å². The zero-order chi connectivity index (χ0) is 19.3. The minimum atomic E-state index is -0.729. The quantitative estimate of drug-likeness (QED) is 0.234. The highest BCUT2D eigenvalue weighted by molar-refractivity contribution is 4.61. The van der Waals surface area contributed by atoms with Crippen molar-refractivity contribution in [2.75, 3.05) is 19.8 Å². The van der Waals surface area contributed by atoms with Crippen LogP contribution in [0.5, 0.6) is 0 Å². The van der Waals surface area contributed by atoms with Gasteiger partial charge in [0.1, 0.15) is 6.10 Å². The molecule has 0 fully saturated rings. The number of ether oxygens (including phenoxy) is 1. The first kappa shape index (κ1) is 25.9. The van der Waals surface area contributed by atoms with Gasteiger partial charge in [0, 0.05) is 6.61 Å². The summed E-state index contributed by atoms with van der Waals surface area (Å²) in [5, 5.41) is 18.3. The second kappa shape index (κ2) is 21.2. The van der Waals surface area contributed by atoms with Crippen LogP contribution in [0.3, 0.4) is 0 Å². The standard InChI is InChI=1S/C23H48O3/c1-3-5-7-9-11-12-14-16-18-22(20-26-21-23(25)19-24)17-15-13-10-8-6-4-2/h22-25H,3-21H2,1-2H3. The molecule has 0 aromatic rings. The van der Waals surface area contributed by atoms with Gasteiger partial charge in [-0.3, -0.25) is 0 Å². The maximum absolute atomic E-state index is 9.43. The van der Waals surface area contributed by atoms with Crippen LogP contribution in [0.25, 0.3) is 0 Å². The fraction of sp³-hybridized carbons (Fsp3) is 1.00. The molecule has 0 aromatic heterocycles. The molecular weight excluding hydrogens is 324 g/mol. The summed E-state index contributed by atoms with van der Waals surface area (Å²) in [6.07, 6.45) is 20.7. The Bertz CT molecular complexity index is 258. The van der Waals surface area contributed by atoms with Crippen molar-refractivity contribution < 1.29 is 14.9 Å². The Kier molecular flexibility index (Phi) is 21.1. The lowest BCUT2D eigenvalue weighted by Crippen LogP contribution is -2.22. The minimum absolute atomic E-state index is 0.208. The lowest BCUT2D eigenvalue weighted by atomic mass is 9.94. The molecule has 0 radical (unpaired) electrons. The summed E-state index contributed by atoms with van der Waals surface area (Å²) in [7, 11) is 0. The summed E-state index contributed by atoms with van der Waals surface area (Å²) >= 11 is 0. The third kappa shape index (κ3) is 18.7. The monoisotopic (exact) mass is 372 g/mol. The molecule has 3 nitrogen and oxygen atoms in total. The van der Waals surface area contributed by atoms with E-state index in [0.29, 0.717) is 5.92 Å². The van der Waals surface area contributed by atoms with Crippen LogP contribution in [0.1, 0.15) is 117 Å². The van der Waals surface area contributed by atoms with Crippen molar-refractivity contribution in [3.63, 3.8) is 0 Å². The third-order valence-corrected chi connectivity index (χ3v) is 5.31. The summed E-state index contributed by atoms with van der Waals surface area (Å²) in [5.74, 6) is 0.618. The van der Waals surface area contributed by atoms with Gasteiger partial charge in [-0.25, -0.2) is 0 Å². The van der Waals surface area contributed by atoms with E-state index in [4.69, 9.17) is 9.84 Å². The molecule has 2 atom stereocenters. The van der Waals surface area contributed by atoms with Gasteiger partial charge in [-0.2, -0.15) is 0 Å². The van der Waals surface area contributed by atoms with Crippen LogP contribution < -0.4 is 0 Å². The van der Waals surface area contributed by atoms with Gasteiger partial charge in [-0.15, -0.1) is 0 Å². The van der Waals surface area contributed by atoms with E-state index in [0.717, 1.165) is 6.61 Å². The second-order valence-electron chi connectivity index (χ2n) is 8.06. The first-order valence-corrected chi connectivity index (χ1v) is 11.6. The van der Waals surface area contributed by atoms with E-state index in [1.165, 1.54) is 103 Å². The fourth-order valence-electron chi connectivity index (χ4n) is 3.51. The lowest BCUT2D eigenvalue weighted by Gasteiger charge is -2.18. The van der Waals surface area contributed by atoms with E-state index in [-0.39, 0.29) is 13.2 Å². The number of hydrogen-bond donors (Lipinski definition) is 2. The van der Waals surface area contributed by atoms with Crippen LogP contribution in [-0.4, -0.2) is 36.1 Å². The minimum Gasteiger partial charge on any atom is -0.394 e. The van der Waals surface area contributed by atoms with Crippen molar-refractivity contribution >= 4 is 0 Å². The summed E-state index contributed by atoms with van der Waals surface area (Å²) in [6.45, 7) is 5.33. The first-order chi connectivity index (χ1) is 12.7. The van der Waals surface area contributed by atoms with E-state index >= 15 is 0 Å². The van der Waals surface area contributed by atoms with Gasteiger partial charge in [-0.05, 0) is 18.8 Å². The van der Waals surface area contributed by atoms with Crippen molar-refractivity contribution in [2.45, 2.75) is 123 Å². The van der Waals surface area contributed by atoms with Crippen molar-refractivity contribution in [1.29, 1.82) is 0 Å². The summed E-state index contributed by atoms with van der Waals surface area (Å²) in [6, 6.07) is 0. The molecule has 0 spiro atoms. The SMILES string of the molecule is CCCCCCCCCCC(CCCCCCCC)COCC(O)CO. The van der Waals surface area contributed by atoms with E-state index in [1.54, 1.807) is 0 Å². The van der Waals surface area contributed by atoms with Gasteiger partial charge in [0.25, 0.3) is 0 Å². The molecule has 0 aliphatic rings. The maximum atomic E-state index is 9.43. The van der Waals surface area contributed by atoms with Crippen molar-refractivity contribution in [1.82, 2.24) is 0 Å². The lowest BCUT2D eigenvalue weighted by molar-refractivity contribution is -0.00677. The zero-order valence-corrected chi connectivity index (χ0v) is 17.9. The highest BCUT2D eigenvalue weighted by Gasteiger charge is 2.10. The number of aliphatic hydroxyl groups excluding tert-OH is 2. The number of rotatable bonds is 21. The molecule has 0 aliphatic carbocycles. The van der Waals surface area contributed by atoms with E-state index in [9.17, 15) is 5.11 Å². The normalized spacial score (nSPS) is 13.8. The van der Waals surface area contributed by atoms with Gasteiger partial charge in [0.05, 0.1) is 13.2 Å². The molecule has 0 amide bonds. The first-order valence-electron chi connectivity index (χ1n) is 11.6. The largest absolute Gasteiger partial charge is 0.394 e. The second-order valence-corrected chi connectivity index (χ2v) is 8.06. The average molecular weight is 373 g/mol. The molecule has 0 bridgehead atoms. The Hall–Kier alpha value is -0.120. The number of hydrogen-bond acceptors (Lipinski definition) is 3. The van der Waals surface area contributed by atoms with E-state index in [2.05, 4.69) is 13.8 Å². The fourth-order valence-corrected chi connectivity index (χ4v) is 3.51. The molecule has 0 saturated heterocycles. The van der Waals surface area contributed by atoms with Crippen LogP contribution >= 0.6 is 0 Å². The molecule has 0 aromatic carbocycles. The van der Waals surface area contributed by atoms with Crippen molar-refractivity contribution in [3.8, 4) is 0 Å². The molecule has 0 aliphatic heterocycles. The molecule has 0 saturated carbocycles. The van der Waals surface area contributed by atoms with Gasteiger partial charge in [0.2, 0.25) is 0 Å². The van der Waals surface area contributed by atoms with Gasteiger partial charge >= 0.3 is 0 Å². The maximum Gasteiger partial charge on any atom is 0.100 e.